The molecule has 0 unspecified atom stereocenters. The van der Waals surface area contributed by atoms with Crippen LogP contribution in [0, 0.1) is 17.8 Å². The fourth-order valence-electron chi connectivity index (χ4n) is 9.76. The third-order valence-corrected chi connectivity index (χ3v) is 11.6. The fourth-order valence-corrected chi connectivity index (χ4v) is 9.76. The molecule has 6 fully saturated rings. The largest absolute Gasteiger partial charge is 0.392 e. The predicted molar refractivity (Wildman–Crippen MR) is 184 cm³/mol. The van der Waals surface area contributed by atoms with Gasteiger partial charge in [-0.25, -0.2) is 4.79 Å². The molecule has 8 nitrogen and oxygen atoms in total. The number of benzene rings is 3. The molecule has 3 aromatic rings. The monoisotopic (exact) mass is 651 g/mol. The zero-order valence-electron chi connectivity index (χ0n) is 27.7. The number of aliphatic hydroxyl groups is 2. The molecule has 6 aliphatic rings. The molecule has 0 aromatic heterocycles. The molecule has 4 saturated carbocycles. The molecule has 48 heavy (non-hydrogen) atoms. The van der Waals surface area contributed by atoms with E-state index in [0.29, 0.717) is 19.5 Å². The molecule has 0 spiro atoms. The quantitative estimate of drug-likeness (QED) is 0.219. The number of rotatable bonds is 9. The first-order chi connectivity index (χ1) is 23.4. The number of β-amino-alcohol motifs (C(OH)–C–C–N with tert-alkyl or cyclic N) is 1. The Labute approximate surface area is 283 Å². The van der Waals surface area contributed by atoms with Crippen LogP contribution < -0.4 is 10.6 Å². The summed E-state index contributed by atoms with van der Waals surface area (Å²) in [6.45, 7) is 2.77. The van der Waals surface area contributed by atoms with Crippen LogP contribution in [-0.2, 0) is 22.6 Å². The smallest absolute Gasteiger partial charge is 0.315 e. The maximum absolute atomic E-state index is 13.1. The van der Waals surface area contributed by atoms with Gasteiger partial charge in [-0.05, 0) is 103 Å². The minimum absolute atomic E-state index is 0.00100. The summed E-state index contributed by atoms with van der Waals surface area (Å²) in [4.78, 5) is 15.4. The van der Waals surface area contributed by atoms with Gasteiger partial charge in [0.1, 0.15) is 0 Å². The molecular weight excluding hydrogens is 602 g/mol. The highest BCUT2D eigenvalue weighted by Gasteiger charge is 2.51. The number of carbonyl (C=O) groups is 1. The van der Waals surface area contributed by atoms with Gasteiger partial charge in [-0.3, -0.25) is 4.90 Å². The van der Waals surface area contributed by atoms with Crippen molar-refractivity contribution in [2.45, 2.75) is 94.7 Å². The Bertz CT molecular complexity index is 1560. The van der Waals surface area contributed by atoms with Crippen LogP contribution >= 0.6 is 0 Å². The van der Waals surface area contributed by atoms with Gasteiger partial charge in [-0.15, -0.1) is 0 Å². The van der Waals surface area contributed by atoms with Gasteiger partial charge in [0.05, 0.1) is 24.9 Å². The highest BCUT2D eigenvalue weighted by atomic mass is 16.7. The molecule has 2 amide bonds. The molecule has 3 aromatic carbocycles. The van der Waals surface area contributed by atoms with Gasteiger partial charge < -0.3 is 30.3 Å². The number of hydrogen-bond acceptors (Lipinski definition) is 6. The van der Waals surface area contributed by atoms with E-state index in [4.69, 9.17) is 9.47 Å². The molecule has 4 N–H and O–H groups in total. The number of hydrogen-bond donors (Lipinski definition) is 4. The van der Waals surface area contributed by atoms with Gasteiger partial charge in [0.15, 0.2) is 6.29 Å². The van der Waals surface area contributed by atoms with E-state index in [1.54, 1.807) is 0 Å². The molecular formula is C40H49N3O5. The summed E-state index contributed by atoms with van der Waals surface area (Å²) in [5, 5.41) is 26.2. The van der Waals surface area contributed by atoms with Gasteiger partial charge in [0, 0.05) is 43.7 Å². The summed E-state index contributed by atoms with van der Waals surface area (Å²) in [6.07, 6.45) is 7.99. The van der Waals surface area contributed by atoms with Crippen molar-refractivity contribution in [2.24, 2.45) is 17.8 Å². The zero-order valence-corrected chi connectivity index (χ0v) is 27.7. The normalized spacial score (nSPS) is 32.8. The van der Waals surface area contributed by atoms with Crippen LogP contribution in [0.15, 0.2) is 72.8 Å². The molecule has 9 rings (SSSR count). The Morgan fingerprint density at radius 1 is 0.833 bits per heavy atom. The minimum Gasteiger partial charge on any atom is -0.392 e. The second-order valence-electron chi connectivity index (χ2n) is 15.4. The molecule has 4 bridgehead atoms. The Hall–Kier alpha value is -3.27. The lowest BCUT2D eigenvalue weighted by Crippen LogP contribution is -2.61. The maximum atomic E-state index is 13.1. The SMILES string of the molecule is O=C(NCc1cccc(-c2cccc([C@@H]3O[C@H](CN4CC[C@H](O)C4)C[C@H](c4ccc(CO)cc4)O3)c2)c1)NC12CC3CC(CC(C3)C1)C2. The van der Waals surface area contributed by atoms with Crippen molar-refractivity contribution in [2.75, 3.05) is 19.6 Å². The van der Waals surface area contributed by atoms with Crippen molar-refractivity contribution in [3.05, 3.63) is 95.1 Å². The van der Waals surface area contributed by atoms with E-state index in [1.807, 2.05) is 30.3 Å². The average molecular weight is 652 g/mol. The minimum atomic E-state index is -0.545. The third-order valence-electron chi connectivity index (χ3n) is 11.6. The number of ether oxygens (including phenoxy) is 2. The summed E-state index contributed by atoms with van der Waals surface area (Å²) in [5.74, 6) is 2.38. The number of urea groups is 1. The van der Waals surface area contributed by atoms with Gasteiger partial charge in [-0.1, -0.05) is 60.7 Å². The van der Waals surface area contributed by atoms with Gasteiger partial charge in [0.2, 0.25) is 0 Å². The van der Waals surface area contributed by atoms with Crippen LogP contribution in [0.25, 0.3) is 11.1 Å². The highest BCUT2D eigenvalue weighted by Crippen LogP contribution is 2.55. The second kappa shape index (κ2) is 13.6. The van der Waals surface area contributed by atoms with Crippen LogP contribution in [0.1, 0.15) is 86.0 Å². The second-order valence-corrected chi connectivity index (χ2v) is 15.4. The van der Waals surface area contributed by atoms with Crippen LogP contribution in [-0.4, -0.2) is 58.5 Å². The van der Waals surface area contributed by atoms with Crippen LogP contribution in [0.2, 0.25) is 0 Å². The number of amides is 2. The van der Waals surface area contributed by atoms with E-state index in [2.05, 4.69) is 58.0 Å². The van der Waals surface area contributed by atoms with Crippen LogP contribution in [0.3, 0.4) is 0 Å². The van der Waals surface area contributed by atoms with Gasteiger partial charge >= 0.3 is 6.03 Å². The molecule has 2 aliphatic heterocycles. The lowest BCUT2D eigenvalue weighted by molar-refractivity contribution is -0.252. The number of nitrogens with zero attached hydrogens (tertiary/aromatic N) is 1. The van der Waals surface area contributed by atoms with Crippen molar-refractivity contribution < 1.29 is 24.5 Å². The van der Waals surface area contributed by atoms with Crippen molar-refractivity contribution >= 4 is 6.03 Å². The van der Waals surface area contributed by atoms with Crippen LogP contribution in [0.4, 0.5) is 4.79 Å². The van der Waals surface area contributed by atoms with E-state index in [0.717, 1.165) is 89.9 Å². The molecule has 4 atom stereocenters. The maximum Gasteiger partial charge on any atom is 0.315 e. The average Bonchev–Trinajstić information content (AvgIpc) is 3.50. The molecule has 8 heteroatoms. The first-order valence-corrected chi connectivity index (χ1v) is 18.0. The third kappa shape index (κ3) is 7.05. The van der Waals surface area contributed by atoms with Gasteiger partial charge in [0.25, 0.3) is 0 Å². The number of nitrogens with one attached hydrogen (secondary N) is 2. The van der Waals surface area contributed by atoms with E-state index >= 15 is 0 Å². The first-order valence-electron chi connectivity index (χ1n) is 18.0. The lowest BCUT2D eigenvalue weighted by atomic mass is 9.53. The lowest BCUT2D eigenvalue weighted by Gasteiger charge is -2.56. The van der Waals surface area contributed by atoms with Crippen molar-refractivity contribution in [3.63, 3.8) is 0 Å². The number of carbonyl (C=O) groups excluding carboxylic acids is 1. The summed E-state index contributed by atoms with van der Waals surface area (Å²) in [5.41, 5.74) is 6.09. The van der Waals surface area contributed by atoms with E-state index < -0.39 is 6.29 Å². The number of aliphatic hydroxyl groups excluding tert-OH is 2. The van der Waals surface area contributed by atoms with E-state index in [9.17, 15) is 15.0 Å². The molecule has 0 radical (unpaired) electrons. The highest BCUT2D eigenvalue weighted by molar-refractivity contribution is 5.75. The van der Waals surface area contributed by atoms with Crippen LogP contribution in [0.5, 0.6) is 0 Å². The topological polar surface area (TPSA) is 103 Å². The number of likely N-dealkylation sites (tertiary alicyclic amines) is 1. The Balaban J connectivity index is 0.950. The summed E-state index contributed by atoms with van der Waals surface area (Å²) < 4.78 is 13.2. The Kier molecular flexibility index (Phi) is 9.03. The summed E-state index contributed by atoms with van der Waals surface area (Å²) >= 11 is 0. The summed E-state index contributed by atoms with van der Waals surface area (Å²) in [6, 6.07) is 24.7. The summed E-state index contributed by atoms with van der Waals surface area (Å²) in [7, 11) is 0. The van der Waals surface area contributed by atoms with Crippen molar-refractivity contribution in [1.82, 2.24) is 15.5 Å². The first kappa shape index (κ1) is 32.0. The fraction of sp³-hybridized carbons (Fsp3) is 0.525. The molecule has 2 saturated heterocycles. The van der Waals surface area contributed by atoms with E-state index in [1.165, 1.54) is 19.3 Å². The standard InChI is InChI=1S/C40H49N3O5/c44-25-26-7-9-31(10-8-26)37-18-36(24-43-12-11-35(45)23-43)47-38(48-37)34-6-2-5-33(17-34)32-4-1-3-27(16-32)22-41-39(46)42-40-19-28-13-29(20-40)15-30(14-28)21-40/h1-10,16-17,28-30,35-38,44-45H,11-15,18-25H2,(H2,41,42,46)/t28?,29?,30?,35-,36-,37+,38+,40?/m0/s1. The predicted octanol–water partition coefficient (Wildman–Crippen LogP) is 6.23. The Morgan fingerprint density at radius 2 is 1.54 bits per heavy atom. The molecule has 254 valence electrons. The van der Waals surface area contributed by atoms with E-state index in [-0.39, 0.29) is 36.5 Å². The van der Waals surface area contributed by atoms with Gasteiger partial charge in [-0.2, -0.15) is 0 Å². The molecule has 4 aliphatic carbocycles. The van der Waals surface area contributed by atoms with Crippen molar-refractivity contribution in [1.29, 1.82) is 0 Å². The van der Waals surface area contributed by atoms with Crippen molar-refractivity contribution in [3.8, 4) is 11.1 Å². The molecule has 2 heterocycles. The zero-order chi connectivity index (χ0) is 32.7. The Morgan fingerprint density at radius 3 is 2.23 bits per heavy atom.